The van der Waals surface area contributed by atoms with E-state index in [4.69, 9.17) is 11.6 Å². The molecule has 0 heterocycles. The molecule has 86 valence electrons. The molecule has 1 aromatic rings. The summed E-state index contributed by atoms with van der Waals surface area (Å²) in [6.07, 6.45) is 1.21. The van der Waals surface area contributed by atoms with E-state index in [-0.39, 0.29) is 5.91 Å². The van der Waals surface area contributed by atoms with Crippen LogP contribution < -0.4 is 5.32 Å². The van der Waals surface area contributed by atoms with Gasteiger partial charge >= 0.3 is 0 Å². The van der Waals surface area contributed by atoms with Crippen LogP contribution in [0.4, 0.5) is 0 Å². The van der Waals surface area contributed by atoms with E-state index in [1.807, 2.05) is 6.07 Å². The minimum atomic E-state index is -0.0922. The highest BCUT2D eigenvalue weighted by Crippen LogP contribution is 2.36. The van der Waals surface area contributed by atoms with Gasteiger partial charge in [0.1, 0.15) is 0 Å². The Hall–Kier alpha value is -0.540. The predicted molar refractivity (Wildman–Crippen MR) is 68.8 cm³/mol. The van der Waals surface area contributed by atoms with Crippen molar-refractivity contribution in [1.29, 1.82) is 0 Å². The highest BCUT2D eigenvalue weighted by Gasteiger charge is 2.32. The first-order valence-electron chi connectivity index (χ1n) is 5.31. The average molecular weight is 303 g/mol. The second kappa shape index (κ2) is 4.76. The number of benzene rings is 1. The van der Waals surface area contributed by atoms with Gasteiger partial charge in [0.2, 0.25) is 0 Å². The van der Waals surface area contributed by atoms with E-state index in [1.165, 1.54) is 6.42 Å². The fourth-order valence-corrected chi connectivity index (χ4v) is 2.24. The number of rotatable bonds is 3. The third-order valence-corrected chi connectivity index (χ3v) is 3.80. The van der Waals surface area contributed by atoms with Crippen molar-refractivity contribution in [3.8, 4) is 0 Å². The molecule has 0 aliphatic heterocycles. The van der Waals surface area contributed by atoms with Crippen LogP contribution in [0.15, 0.2) is 22.7 Å². The van der Waals surface area contributed by atoms with E-state index in [1.54, 1.807) is 12.1 Å². The SMILES string of the molecule is CC1CC1CNC(=O)c1cc(Br)ccc1Cl. The quantitative estimate of drug-likeness (QED) is 0.910. The Labute approximate surface area is 108 Å². The summed E-state index contributed by atoms with van der Waals surface area (Å²) in [5, 5.41) is 3.41. The highest BCUT2D eigenvalue weighted by atomic mass is 79.9. The first-order chi connectivity index (χ1) is 7.58. The summed E-state index contributed by atoms with van der Waals surface area (Å²) in [4.78, 5) is 11.8. The zero-order valence-electron chi connectivity index (χ0n) is 8.97. The Morgan fingerprint density at radius 2 is 2.31 bits per heavy atom. The van der Waals surface area contributed by atoms with Gasteiger partial charge in [-0.05, 0) is 36.5 Å². The van der Waals surface area contributed by atoms with Crippen LogP contribution in [0.1, 0.15) is 23.7 Å². The molecular weight excluding hydrogens is 289 g/mol. The molecule has 0 saturated heterocycles. The molecule has 2 nitrogen and oxygen atoms in total. The first kappa shape index (κ1) is 11.9. The number of halogens is 2. The standard InChI is InChI=1S/C12H13BrClNO/c1-7-4-8(7)6-15-12(16)10-5-9(13)2-3-11(10)14/h2-3,5,7-8H,4,6H2,1H3,(H,15,16). The summed E-state index contributed by atoms with van der Waals surface area (Å²) in [7, 11) is 0. The number of amides is 1. The minimum absolute atomic E-state index is 0.0922. The Morgan fingerprint density at radius 1 is 1.62 bits per heavy atom. The van der Waals surface area contributed by atoms with Crippen LogP contribution in [-0.2, 0) is 0 Å². The van der Waals surface area contributed by atoms with Crippen molar-refractivity contribution in [3.05, 3.63) is 33.3 Å². The number of carbonyl (C=O) groups excluding carboxylic acids is 1. The van der Waals surface area contributed by atoms with Crippen LogP contribution >= 0.6 is 27.5 Å². The Kier molecular flexibility index (Phi) is 3.55. The molecule has 0 spiro atoms. The van der Waals surface area contributed by atoms with Gasteiger partial charge in [-0.25, -0.2) is 0 Å². The number of carbonyl (C=O) groups is 1. The zero-order chi connectivity index (χ0) is 11.7. The molecule has 2 unspecified atom stereocenters. The molecule has 1 amide bonds. The largest absolute Gasteiger partial charge is 0.352 e. The lowest BCUT2D eigenvalue weighted by molar-refractivity contribution is 0.0951. The third-order valence-electron chi connectivity index (χ3n) is 2.97. The lowest BCUT2D eigenvalue weighted by Gasteiger charge is -2.06. The maximum atomic E-state index is 11.8. The van der Waals surface area contributed by atoms with Gasteiger partial charge in [-0.1, -0.05) is 34.5 Å². The Balaban J connectivity index is 1.99. The van der Waals surface area contributed by atoms with Gasteiger partial charge < -0.3 is 5.32 Å². The molecule has 1 aliphatic carbocycles. The lowest BCUT2D eigenvalue weighted by atomic mass is 10.2. The second-order valence-corrected chi connectivity index (χ2v) is 5.63. The monoisotopic (exact) mass is 301 g/mol. The van der Waals surface area contributed by atoms with Crippen LogP contribution in [0.3, 0.4) is 0 Å². The lowest BCUT2D eigenvalue weighted by Crippen LogP contribution is -2.26. The van der Waals surface area contributed by atoms with Gasteiger partial charge in [0.25, 0.3) is 5.91 Å². The van der Waals surface area contributed by atoms with Crippen molar-refractivity contribution >= 4 is 33.4 Å². The van der Waals surface area contributed by atoms with E-state index >= 15 is 0 Å². The molecule has 4 heteroatoms. The maximum absolute atomic E-state index is 11.8. The molecule has 1 aromatic carbocycles. The van der Waals surface area contributed by atoms with Gasteiger partial charge in [-0.2, -0.15) is 0 Å². The van der Waals surface area contributed by atoms with Crippen molar-refractivity contribution in [1.82, 2.24) is 5.32 Å². The Bertz CT molecular complexity index is 421. The van der Waals surface area contributed by atoms with Gasteiger partial charge in [0.05, 0.1) is 10.6 Å². The molecule has 1 N–H and O–H groups in total. The van der Waals surface area contributed by atoms with E-state index in [2.05, 4.69) is 28.2 Å². The van der Waals surface area contributed by atoms with Crippen molar-refractivity contribution in [3.63, 3.8) is 0 Å². The van der Waals surface area contributed by atoms with E-state index in [9.17, 15) is 4.79 Å². The molecule has 1 saturated carbocycles. The van der Waals surface area contributed by atoms with Gasteiger partial charge in [0.15, 0.2) is 0 Å². The molecule has 16 heavy (non-hydrogen) atoms. The maximum Gasteiger partial charge on any atom is 0.252 e. The molecule has 0 bridgehead atoms. The summed E-state index contributed by atoms with van der Waals surface area (Å²) >= 11 is 9.30. The second-order valence-electron chi connectivity index (χ2n) is 4.31. The van der Waals surface area contributed by atoms with Crippen LogP contribution in [0.5, 0.6) is 0 Å². The third kappa shape index (κ3) is 2.77. The van der Waals surface area contributed by atoms with Gasteiger partial charge in [-0.15, -0.1) is 0 Å². The summed E-state index contributed by atoms with van der Waals surface area (Å²) in [6.45, 7) is 2.95. The van der Waals surface area contributed by atoms with Crippen LogP contribution in [0.2, 0.25) is 5.02 Å². The molecule has 0 aromatic heterocycles. The summed E-state index contributed by atoms with van der Waals surface area (Å²) < 4.78 is 0.863. The van der Waals surface area contributed by atoms with Crippen molar-refractivity contribution in [2.75, 3.05) is 6.54 Å². The fraction of sp³-hybridized carbons (Fsp3) is 0.417. The predicted octanol–water partition coefficient (Wildman–Crippen LogP) is 3.49. The van der Waals surface area contributed by atoms with Crippen LogP contribution in [0.25, 0.3) is 0 Å². The highest BCUT2D eigenvalue weighted by molar-refractivity contribution is 9.10. The van der Waals surface area contributed by atoms with Crippen molar-refractivity contribution < 1.29 is 4.79 Å². The Morgan fingerprint density at radius 3 is 2.94 bits per heavy atom. The summed E-state index contributed by atoms with van der Waals surface area (Å²) in [5.74, 6) is 1.30. The molecule has 1 fully saturated rings. The molecule has 1 aliphatic rings. The van der Waals surface area contributed by atoms with Crippen molar-refractivity contribution in [2.24, 2.45) is 11.8 Å². The van der Waals surface area contributed by atoms with Crippen LogP contribution in [0, 0.1) is 11.8 Å². The summed E-state index contributed by atoms with van der Waals surface area (Å²) in [6, 6.07) is 5.29. The van der Waals surface area contributed by atoms with Crippen LogP contribution in [-0.4, -0.2) is 12.5 Å². The zero-order valence-corrected chi connectivity index (χ0v) is 11.3. The van der Waals surface area contributed by atoms with E-state index in [0.717, 1.165) is 16.9 Å². The minimum Gasteiger partial charge on any atom is -0.352 e. The van der Waals surface area contributed by atoms with Gasteiger partial charge in [0, 0.05) is 11.0 Å². The van der Waals surface area contributed by atoms with E-state index < -0.39 is 0 Å². The number of nitrogens with one attached hydrogen (secondary N) is 1. The van der Waals surface area contributed by atoms with E-state index in [0.29, 0.717) is 16.5 Å². The first-order valence-corrected chi connectivity index (χ1v) is 6.48. The smallest absolute Gasteiger partial charge is 0.252 e. The molecular formula is C12H13BrClNO. The fourth-order valence-electron chi connectivity index (χ4n) is 1.67. The molecule has 2 atom stereocenters. The number of hydrogen-bond donors (Lipinski definition) is 1. The normalized spacial score (nSPS) is 22.9. The van der Waals surface area contributed by atoms with Gasteiger partial charge in [-0.3, -0.25) is 4.79 Å². The molecule has 2 rings (SSSR count). The topological polar surface area (TPSA) is 29.1 Å². The molecule has 0 radical (unpaired) electrons. The van der Waals surface area contributed by atoms with Crippen molar-refractivity contribution in [2.45, 2.75) is 13.3 Å². The number of hydrogen-bond acceptors (Lipinski definition) is 1. The average Bonchev–Trinajstić information content (AvgIpc) is 2.95. The summed E-state index contributed by atoms with van der Waals surface area (Å²) in [5.41, 5.74) is 0.532.